The smallest absolute Gasteiger partial charge is 0.172 e. The van der Waals surface area contributed by atoms with E-state index in [0.717, 1.165) is 0 Å². The Balaban J connectivity index is 2.41. The van der Waals surface area contributed by atoms with E-state index in [4.69, 9.17) is 9.47 Å². The molecule has 1 aromatic carbocycles. The molecule has 1 aromatic rings. The molecule has 1 aliphatic heterocycles. The van der Waals surface area contributed by atoms with E-state index >= 15 is 0 Å². The van der Waals surface area contributed by atoms with Crippen molar-refractivity contribution < 1.29 is 18.7 Å². The van der Waals surface area contributed by atoms with Gasteiger partial charge in [-0.1, -0.05) is 6.92 Å². The standard InChI is InChI=1S/C15H18BrFO3/c1-7-8(2)20-9(3)14(7)15(18)10-5-11(16)12(17)6-13(10)19-4/h5-9,14H,1-4H3. The summed E-state index contributed by atoms with van der Waals surface area (Å²) in [6.07, 6.45) is -0.116. The van der Waals surface area contributed by atoms with Gasteiger partial charge in [0.2, 0.25) is 0 Å². The lowest BCUT2D eigenvalue weighted by molar-refractivity contribution is 0.0490. The summed E-state index contributed by atoms with van der Waals surface area (Å²) in [5.41, 5.74) is 0.391. The first-order chi connectivity index (χ1) is 9.36. The molecule has 0 aromatic heterocycles. The zero-order valence-electron chi connectivity index (χ0n) is 11.9. The molecule has 1 saturated heterocycles. The van der Waals surface area contributed by atoms with E-state index < -0.39 is 5.82 Å². The maximum Gasteiger partial charge on any atom is 0.172 e. The molecule has 0 amide bonds. The highest BCUT2D eigenvalue weighted by Gasteiger charge is 2.42. The molecular formula is C15H18BrFO3. The van der Waals surface area contributed by atoms with Crippen LogP contribution >= 0.6 is 15.9 Å². The second-order valence-electron chi connectivity index (χ2n) is 5.26. The summed E-state index contributed by atoms with van der Waals surface area (Å²) < 4.78 is 24.6. The summed E-state index contributed by atoms with van der Waals surface area (Å²) >= 11 is 3.11. The molecule has 0 radical (unpaired) electrons. The number of ether oxygens (including phenoxy) is 2. The lowest BCUT2D eigenvalue weighted by atomic mass is 9.83. The normalized spacial score (nSPS) is 29.5. The molecule has 0 aliphatic carbocycles. The molecule has 4 unspecified atom stereocenters. The summed E-state index contributed by atoms with van der Waals surface area (Å²) in [7, 11) is 1.43. The molecule has 0 bridgehead atoms. The fraction of sp³-hybridized carbons (Fsp3) is 0.533. The third-order valence-corrected chi connectivity index (χ3v) is 4.66. The minimum atomic E-state index is -0.449. The van der Waals surface area contributed by atoms with Crippen LogP contribution in [0, 0.1) is 17.7 Å². The van der Waals surface area contributed by atoms with Crippen LogP contribution in [-0.4, -0.2) is 25.1 Å². The Morgan fingerprint density at radius 3 is 2.45 bits per heavy atom. The van der Waals surface area contributed by atoms with Gasteiger partial charge in [-0.15, -0.1) is 0 Å². The molecule has 5 heteroatoms. The lowest BCUT2D eigenvalue weighted by Gasteiger charge is -2.19. The van der Waals surface area contributed by atoms with Crippen molar-refractivity contribution in [2.24, 2.45) is 11.8 Å². The van der Waals surface area contributed by atoms with Crippen molar-refractivity contribution in [1.82, 2.24) is 0 Å². The number of ketones is 1. The summed E-state index contributed by atoms with van der Waals surface area (Å²) in [5, 5.41) is 0. The van der Waals surface area contributed by atoms with E-state index in [-0.39, 0.29) is 40.0 Å². The van der Waals surface area contributed by atoms with Crippen LogP contribution in [-0.2, 0) is 4.74 Å². The van der Waals surface area contributed by atoms with E-state index in [1.165, 1.54) is 19.2 Å². The fourth-order valence-corrected chi connectivity index (χ4v) is 3.13. The van der Waals surface area contributed by atoms with Gasteiger partial charge in [-0.25, -0.2) is 4.39 Å². The Labute approximate surface area is 126 Å². The van der Waals surface area contributed by atoms with Crippen molar-refractivity contribution in [2.45, 2.75) is 33.0 Å². The first-order valence-corrected chi connectivity index (χ1v) is 7.38. The molecule has 110 valence electrons. The van der Waals surface area contributed by atoms with Gasteiger partial charge in [-0.3, -0.25) is 4.79 Å². The number of halogens is 2. The van der Waals surface area contributed by atoms with Crippen LogP contribution in [0.1, 0.15) is 31.1 Å². The van der Waals surface area contributed by atoms with Crippen LogP contribution in [0.15, 0.2) is 16.6 Å². The van der Waals surface area contributed by atoms with Gasteiger partial charge in [0.05, 0.1) is 35.3 Å². The molecule has 4 atom stereocenters. The van der Waals surface area contributed by atoms with Gasteiger partial charge in [0, 0.05) is 6.07 Å². The zero-order chi connectivity index (χ0) is 15.0. The minimum Gasteiger partial charge on any atom is -0.496 e. The lowest BCUT2D eigenvalue weighted by Crippen LogP contribution is -2.27. The van der Waals surface area contributed by atoms with Gasteiger partial charge in [0.25, 0.3) is 0 Å². The van der Waals surface area contributed by atoms with Crippen molar-refractivity contribution in [1.29, 1.82) is 0 Å². The Bertz CT molecular complexity index is 532. The predicted octanol–water partition coefficient (Wildman–Crippen LogP) is 3.84. The molecule has 20 heavy (non-hydrogen) atoms. The van der Waals surface area contributed by atoms with Crippen molar-refractivity contribution >= 4 is 21.7 Å². The van der Waals surface area contributed by atoms with E-state index in [2.05, 4.69) is 15.9 Å². The summed E-state index contributed by atoms with van der Waals surface area (Å²) in [6.45, 7) is 5.86. The number of Topliss-reactive ketones (excluding diaryl/α,β-unsaturated/α-hetero) is 1. The third-order valence-electron chi connectivity index (χ3n) is 4.05. The quantitative estimate of drug-likeness (QED) is 0.781. The molecule has 1 fully saturated rings. The molecule has 0 N–H and O–H groups in total. The maximum absolute atomic E-state index is 13.5. The van der Waals surface area contributed by atoms with Crippen LogP contribution in [0.3, 0.4) is 0 Å². The first-order valence-electron chi connectivity index (χ1n) is 6.59. The topological polar surface area (TPSA) is 35.5 Å². The highest BCUT2D eigenvalue weighted by atomic mass is 79.9. The molecule has 1 aliphatic rings. The molecule has 0 saturated carbocycles. The van der Waals surface area contributed by atoms with Crippen molar-refractivity contribution in [3.63, 3.8) is 0 Å². The highest BCUT2D eigenvalue weighted by Crippen LogP contribution is 2.37. The number of rotatable bonds is 3. The number of carbonyl (C=O) groups excluding carboxylic acids is 1. The number of methoxy groups -OCH3 is 1. The number of benzene rings is 1. The van der Waals surface area contributed by atoms with Crippen LogP contribution in [0.5, 0.6) is 5.75 Å². The summed E-state index contributed by atoms with van der Waals surface area (Å²) in [5.74, 6) is -0.376. The SMILES string of the molecule is COc1cc(F)c(Br)cc1C(=O)C1C(C)OC(C)C1C. The Kier molecular flexibility index (Phi) is 4.49. The minimum absolute atomic E-state index is 0.0360. The van der Waals surface area contributed by atoms with E-state index in [0.29, 0.717) is 5.56 Å². The Hall–Kier alpha value is -0.940. The number of hydrogen-bond donors (Lipinski definition) is 0. The highest BCUT2D eigenvalue weighted by molar-refractivity contribution is 9.10. The van der Waals surface area contributed by atoms with Gasteiger partial charge in [-0.05, 0) is 41.8 Å². The fourth-order valence-electron chi connectivity index (χ4n) is 2.79. The van der Waals surface area contributed by atoms with Gasteiger partial charge >= 0.3 is 0 Å². The van der Waals surface area contributed by atoms with Crippen LogP contribution < -0.4 is 4.74 Å². The first kappa shape index (κ1) is 15.4. The molecular weight excluding hydrogens is 327 g/mol. The number of carbonyl (C=O) groups is 1. The Morgan fingerprint density at radius 2 is 1.95 bits per heavy atom. The third kappa shape index (κ3) is 2.61. The second kappa shape index (κ2) is 5.82. The average Bonchev–Trinajstić information content (AvgIpc) is 2.65. The summed E-state index contributed by atoms with van der Waals surface area (Å²) in [4.78, 5) is 12.8. The second-order valence-corrected chi connectivity index (χ2v) is 6.12. The van der Waals surface area contributed by atoms with E-state index in [1.807, 2.05) is 20.8 Å². The van der Waals surface area contributed by atoms with Crippen molar-refractivity contribution in [3.05, 3.63) is 28.0 Å². The largest absolute Gasteiger partial charge is 0.496 e. The van der Waals surface area contributed by atoms with Crippen LogP contribution in [0.25, 0.3) is 0 Å². The van der Waals surface area contributed by atoms with Gasteiger partial charge in [0.15, 0.2) is 5.78 Å². The average molecular weight is 345 g/mol. The van der Waals surface area contributed by atoms with E-state index in [9.17, 15) is 9.18 Å². The summed E-state index contributed by atoms with van der Waals surface area (Å²) in [6, 6.07) is 2.71. The van der Waals surface area contributed by atoms with E-state index in [1.54, 1.807) is 0 Å². The zero-order valence-corrected chi connectivity index (χ0v) is 13.5. The molecule has 0 spiro atoms. The van der Waals surface area contributed by atoms with Gasteiger partial charge in [-0.2, -0.15) is 0 Å². The van der Waals surface area contributed by atoms with Gasteiger partial charge < -0.3 is 9.47 Å². The van der Waals surface area contributed by atoms with Crippen molar-refractivity contribution in [3.8, 4) is 5.75 Å². The molecule has 1 heterocycles. The predicted molar refractivity (Wildman–Crippen MR) is 77.6 cm³/mol. The molecule has 2 rings (SSSR count). The van der Waals surface area contributed by atoms with Crippen molar-refractivity contribution in [2.75, 3.05) is 7.11 Å². The Morgan fingerprint density at radius 1 is 1.30 bits per heavy atom. The van der Waals surface area contributed by atoms with Gasteiger partial charge in [0.1, 0.15) is 11.6 Å². The van der Waals surface area contributed by atoms with Crippen LogP contribution in [0.4, 0.5) is 4.39 Å². The maximum atomic E-state index is 13.5. The number of hydrogen-bond acceptors (Lipinski definition) is 3. The van der Waals surface area contributed by atoms with Crippen LogP contribution in [0.2, 0.25) is 0 Å². The monoisotopic (exact) mass is 344 g/mol. The molecule has 3 nitrogen and oxygen atoms in total.